The lowest BCUT2D eigenvalue weighted by Crippen LogP contribution is -2.34. The van der Waals surface area contributed by atoms with Crippen LogP contribution >= 0.6 is 0 Å². The zero-order valence-corrected chi connectivity index (χ0v) is 13.2. The van der Waals surface area contributed by atoms with Gasteiger partial charge < -0.3 is 16.2 Å². The van der Waals surface area contributed by atoms with Gasteiger partial charge >= 0.3 is 0 Å². The minimum atomic E-state index is -0.466. The van der Waals surface area contributed by atoms with E-state index in [0.717, 1.165) is 30.5 Å². The summed E-state index contributed by atoms with van der Waals surface area (Å²) in [5.41, 5.74) is 8.75. The highest BCUT2D eigenvalue weighted by molar-refractivity contribution is 5.39. The standard InChI is InChI=1S/C19H26N2O/c1-2-6-18(13-15-9-11-17(20)12-10-15)21-14-19(22)16-7-4-3-5-8-16/h3-5,7-12,18-19,21-22H,2,6,13-14,20H2,1H3/t18-,19-/m0/s1. The number of aliphatic hydroxyl groups excluding tert-OH is 1. The molecule has 0 aromatic heterocycles. The van der Waals surface area contributed by atoms with Crippen LogP contribution in [0.5, 0.6) is 0 Å². The van der Waals surface area contributed by atoms with Gasteiger partial charge in [-0.25, -0.2) is 0 Å². The van der Waals surface area contributed by atoms with Crippen LogP contribution < -0.4 is 11.1 Å². The molecule has 2 rings (SSSR count). The lowest BCUT2D eigenvalue weighted by Gasteiger charge is -2.21. The highest BCUT2D eigenvalue weighted by Crippen LogP contribution is 2.14. The molecule has 4 N–H and O–H groups in total. The lowest BCUT2D eigenvalue weighted by atomic mass is 10.0. The van der Waals surface area contributed by atoms with Crippen LogP contribution in [0.3, 0.4) is 0 Å². The molecule has 0 saturated carbocycles. The minimum Gasteiger partial charge on any atom is -0.399 e. The van der Waals surface area contributed by atoms with Crippen LogP contribution in [0, 0.1) is 0 Å². The minimum absolute atomic E-state index is 0.368. The zero-order chi connectivity index (χ0) is 15.8. The lowest BCUT2D eigenvalue weighted by molar-refractivity contribution is 0.168. The summed E-state index contributed by atoms with van der Waals surface area (Å²) in [5, 5.41) is 13.8. The fourth-order valence-corrected chi connectivity index (χ4v) is 2.63. The zero-order valence-electron chi connectivity index (χ0n) is 13.2. The van der Waals surface area contributed by atoms with Crippen LogP contribution in [0.4, 0.5) is 5.69 Å². The molecule has 2 aromatic carbocycles. The van der Waals surface area contributed by atoms with Gasteiger partial charge in [-0.15, -0.1) is 0 Å². The van der Waals surface area contributed by atoms with Gasteiger partial charge in [-0.2, -0.15) is 0 Å². The topological polar surface area (TPSA) is 58.3 Å². The molecule has 0 bridgehead atoms. The van der Waals surface area contributed by atoms with Crippen molar-refractivity contribution in [3.05, 3.63) is 65.7 Å². The third kappa shape index (κ3) is 5.17. The molecular weight excluding hydrogens is 272 g/mol. The maximum absolute atomic E-state index is 10.3. The van der Waals surface area contributed by atoms with Gasteiger partial charge in [-0.05, 0) is 36.1 Å². The quantitative estimate of drug-likeness (QED) is 0.655. The van der Waals surface area contributed by atoms with Crippen LogP contribution in [-0.2, 0) is 6.42 Å². The van der Waals surface area contributed by atoms with Gasteiger partial charge in [-0.1, -0.05) is 55.8 Å². The van der Waals surface area contributed by atoms with Gasteiger partial charge in [0, 0.05) is 18.3 Å². The smallest absolute Gasteiger partial charge is 0.0914 e. The van der Waals surface area contributed by atoms with E-state index >= 15 is 0 Å². The second kappa shape index (κ2) is 8.57. The maximum Gasteiger partial charge on any atom is 0.0914 e. The predicted molar refractivity (Wildman–Crippen MR) is 92.7 cm³/mol. The molecule has 2 atom stereocenters. The first-order valence-corrected chi connectivity index (χ1v) is 8.00. The molecule has 118 valence electrons. The molecule has 0 fully saturated rings. The Morgan fingerprint density at radius 1 is 1.05 bits per heavy atom. The fourth-order valence-electron chi connectivity index (χ4n) is 2.63. The first-order chi connectivity index (χ1) is 10.7. The summed E-state index contributed by atoms with van der Waals surface area (Å²) in [6.45, 7) is 2.76. The highest BCUT2D eigenvalue weighted by Gasteiger charge is 2.12. The van der Waals surface area contributed by atoms with Crippen molar-refractivity contribution in [1.82, 2.24) is 5.32 Å². The third-order valence-corrected chi connectivity index (χ3v) is 3.88. The normalized spacial score (nSPS) is 13.7. The van der Waals surface area contributed by atoms with Crippen molar-refractivity contribution in [2.45, 2.75) is 38.3 Å². The first kappa shape index (κ1) is 16.5. The average Bonchev–Trinajstić information content (AvgIpc) is 2.55. The number of nitrogen functional groups attached to an aromatic ring is 1. The van der Waals surface area contributed by atoms with E-state index < -0.39 is 6.10 Å². The molecule has 3 heteroatoms. The molecule has 0 saturated heterocycles. The van der Waals surface area contributed by atoms with Crippen molar-refractivity contribution in [3.8, 4) is 0 Å². The number of benzene rings is 2. The fraction of sp³-hybridized carbons (Fsp3) is 0.368. The van der Waals surface area contributed by atoms with Crippen LogP contribution in [0.2, 0.25) is 0 Å². The Balaban J connectivity index is 1.89. The van der Waals surface area contributed by atoms with Crippen LogP contribution in [0.25, 0.3) is 0 Å². The Morgan fingerprint density at radius 2 is 1.73 bits per heavy atom. The van der Waals surface area contributed by atoms with Crippen LogP contribution in [0.15, 0.2) is 54.6 Å². The van der Waals surface area contributed by atoms with Crippen molar-refractivity contribution in [2.24, 2.45) is 0 Å². The Hall–Kier alpha value is -1.84. The number of rotatable bonds is 8. The molecule has 0 amide bonds. The molecule has 2 aromatic rings. The molecule has 0 radical (unpaired) electrons. The number of anilines is 1. The van der Waals surface area contributed by atoms with Gasteiger partial charge in [0.25, 0.3) is 0 Å². The predicted octanol–water partition coefficient (Wildman–Crippen LogP) is 3.30. The largest absolute Gasteiger partial charge is 0.399 e. The summed E-state index contributed by atoms with van der Waals surface area (Å²) in [7, 11) is 0. The van der Waals surface area contributed by atoms with E-state index in [9.17, 15) is 5.11 Å². The maximum atomic E-state index is 10.3. The Bertz CT molecular complexity index is 539. The Labute approximate surface area is 133 Å². The molecule has 0 heterocycles. The monoisotopic (exact) mass is 298 g/mol. The van der Waals surface area contributed by atoms with Gasteiger partial charge in [0.2, 0.25) is 0 Å². The molecule has 0 aliphatic rings. The third-order valence-electron chi connectivity index (χ3n) is 3.88. The summed E-state index contributed by atoms with van der Waals surface area (Å²) in [6, 6.07) is 18.2. The van der Waals surface area contributed by atoms with E-state index in [4.69, 9.17) is 5.73 Å². The molecule has 22 heavy (non-hydrogen) atoms. The highest BCUT2D eigenvalue weighted by atomic mass is 16.3. The van der Waals surface area contributed by atoms with Gasteiger partial charge in [-0.3, -0.25) is 0 Å². The second-order valence-corrected chi connectivity index (χ2v) is 5.77. The summed E-state index contributed by atoms with van der Waals surface area (Å²) >= 11 is 0. The van der Waals surface area contributed by atoms with E-state index in [1.54, 1.807) is 0 Å². The van der Waals surface area contributed by atoms with Crippen molar-refractivity contribution in [2.75, 3.05) is 12.3 Å². The second-order valence-electron chi connectivity index (χ2n) is 5.77. The van der Waals surface area contributed by atoms with Crippen LogP contribution in [0.1, 0.15) is 37.0 Å². The van der Waals surface area contributed by atoms with Gasteiger partial charge in [0.05, 0.1) is 6.10 Å². The van der Waals surface area contributed by atoms with E-state index in [-0.39, 0.29) is 0 Å². The van der Waals surface area contributed by atoms with Crippen molar-refractivity contribution < 1.29 is 5.11 Å². The van der Waals surface area contributed by atoms with Crippen molar-refractivity contribution >= 4 is 5.69 Å². The number of hydrogen-bond donors (Lipinski definition) is 3. The first-order valence-electron chi connectivity index (χ1n) is 8.00. The number of hydrogen-bond acceptors (Lipinski definition) is 3. The molecule has 0 spiro atoms. The average molecular weight is 298 g/mol. The van der Waals surface area contributed by atoms with E-state index in [1.807, 2.05) is 42.5 Å². The number of nitrogens with two attached hydrogens (primary N) is 1. The van der Waals surface area contributed by atoms with Crippen LogP contribution in [-0.4, -0.2) is 17.7 Å². The Kier molecular flexibility index (Phi) is 6.44. The van der Waals surface area contributed by atoms with Gasteiger partial charge in [0.15, 0.2) is 0 Å². The SMILES string of the molecule is CCC[C@@H](Cc1ccc(N)cc1)NC[C@H](O)c1ccccc1. The summed E-state index contributed by atoms with van der Waals surface area (Å²) in [5.74, 6) is 0. The number of nitrogens with one attached hydrogen (secondary N) is 1. The van der Waals surface area contributed by atoms with Crippen molar-refractivity contribution in [3.63, 3.8) is 0 Å². The molecule has 3 nitrogen and oxygen atoms in total. The summed E-state index contributed by atoms with van der Waals surface area (Å²) < 4.78 is 0. The molecule has 0 unspecified atom stereocenters. The van der Waals surface area contributed by atoms with Crippen molar-refractivity contribution in [1.29, 1.82) is 0 Å². The van der Waals surface area contributed by atoms with E-state index in [0.29, 0.717) is 12.6 Å². The molecule has 0 aliphatic heterocycles. The van der Waals surface area contributed by atoms with Gasteiger partial charge in [0.1, 0.15) is 0 Å². The molecular formula is C19H26N2O. The summed E-state index contributed by atoms with van der Waals surface area (Å²) in [4.78, 5) is 0. The number of aliphatic hydroxyl groups is 1. The summed E-state index contributed by atoms with van der Waals surface area (Å²) in [6.07, 6.45) is 2.70. The van der Waals surface area contributed by atoms with E-state index in [2.05, 4.69) is 24.4 Å². The van der Waals surface area contributed by atoms with E-state index in [1.165, 1.54) is 5.56 Å². The Morgan fingerprint density at radius 3 is 2.36 bits per heavy atom. The molecule has 0 aliphatic carbocycles.